The second kappa shape index (κ2) is 8.92. The molecule has 0 spiro atoms. The highest BCUT2D eigenvalue weighted by Crippen LogP contribution is 2.26. The highest BCUT2D eigenvalue weighted by atomic mass is 16.1. The average molecular weight is 472 g/mol. The number of benzene rings is 1. The molecule has 8 heteroatoms. The summed E-state index contributed by atoms with van der Waals surface area (Å²) in [5, 5.41) is 7.31. The molecule has 0 amide bonds. The third-order valence-corrected chi connectivity index (χ3v) is 6.45. The lowest BCUT2D eigenvalue weighted by atomic mass is 9.91. The van der Waals surface area contributed by atoms with Gasteiger partial charge in [-0.3, -0.25) is 9.78 Å². The Balaban J connectivity index is 1.61. The molecule has 0 fully saturated rings. The Morgan fingerprint density at radius 2 is 1.91 bits per heavy atom. The van der Waals surface area contributed by atoms with Crippen LogP contribution in [0.3, 0.4) is 0 Å². The lowest BCUT2D eigenvalue weighted by Crippen LogP contribution is -2.24. The maximum atomic E-state index is 13.3. The van der Waals surface area contributed by atoms with E-state index in [4.69, 9.17) is 4.98 Å². The van der Waals surface area contributed by atoms with Gasteiger partial charge in [-0.15, -0.1) is 0 Å². The SMILES string of the molecule is CC(C)n1c(=O)c2cnc(Nc3ccc4c(c3)CCCNC4)nc2n1-c1ccnc(C(C)(C)C)c1. The fourth-order valence-corrected chi connectivity index (χ4v) is 4.60. The highest BCUT2D eigenvalue weighted by molar-refractivity contribution is 5.77. The number of hydrogen-bond donors (Lipinski definition) is 2. The number of hydrogen-bond acceptors (Lipinski definition) is 6. The van der Waals surface area contributed by atoms with Gasteiger partial charge in [0.15, 0.2) is 5.65 Å². The lowest BCUT2D eigenvalue weighted by molar-refractivity contribution is 0.474. The molecule has 3 aromatic heterocycles. The van der Waals surface area contributed by atoms with Gasteiger partial charge >= 0.3 is 0 Å². The molecule has 0 bridgehead atoms. The number of anilines is 2. The van der Waals surface area contributed by atoms with E-state index < -0.39 is 0 Å². The normalized spacial score (nSPS) is 14.2. The summed E-state index contributed by atoms with van der Waals surface area (Å²) in [5.74, 6) is 0.462. The summed E-state index contributed by atoms with van der Waals surface area (Å²) in [6.07, 6.45) is 5.59. The number of nitrogens with one attached hydrogen (secondary N) is 2. The number of rotatable bonds is 4. The minimum atomic E-state index is -0.121. The quantitative estimate of drug-likeness (QED) is 0.451. The van der Waals surface area contributed by atoms with Crippen molar-refractivity contribution in [2.75, 3.05) is 11.9 Å². The maximum Gasteiger partial charge on any atom is 0.278 e. The van der Waals surface area contributed by atoms with Gasteiger partial charge in [0.1, 0.15) is 5.39 Å². The first-order valence-corrected chi connectivity index (χ1v) is 12.3. The van der Waals surface area contributed by atoms with E-state index in [1.165, 1.54) is 11.1 Å². The van der Waals surface area contributed by atoms with Crippen molar-refractivity contribution in [2.24, 2.45) is 0 Å². The molecule has 2 N–H and O–H groups in total. The zero-order valence-electron chi connectivity index (χ0n) is 21.1. The molecule has 0 atom stereocenters. The molecule has 1 aromatic carbocycles. The third kappa shape index (κ3) is 4.46. The van der Waals surface area contributed by atoms with Crippen molar-refractivity contribution in [3.8, 4) is 5.69 Å². The second-order valence-electron chi connectivity index (χ2n) is 10.5. The van der Waals surface area contributed by atoms with Crippen LogP contribution in [0.5, 0.6) is 0 Å². The summed E-state index contributed by atoms with van der Waals surface area (Å²) in [4.78, 5) is 27.2. The number of pyridine rings is 1. The van der Waals surface area contributed by atoms with Crippen LogP contribution < -0.4 is 16.2 Å². The molecule has 4 aromatic rings. The molecule has 4 heterocycles. The van der Waals surface area contributed by atoms with Gasteiger partial charge in [-0.05, 0) is 68.6 Å². The van der Waals surface area contributed by atoms with E-state index in [1.54, 1.807) is 17.1 Å². The largest absolute Gasteiger partial charge is 0.324 e. The topological polar surface area (TPSA) is 89.7 Å². The van der Waals surface area contributed by atoms with Gasteiger partial charge in [0, 0.05) is 41.8 Å². The molecule has 8 nitrogen and oxygen atoms in total. The molecular weight excluding hydrogens is 438 g/mol. The van der Waals surface area contributed by atoms with Gasteiger partial charge < -0.3 is 10.6 Å². The highest BCUT2D eigenvalue weighted by Gasteiger charge is 2.22. The van der Waals surface area contributed by atoms with Crippen molar-refractivity contribution in [3.05, 3.63) is 69.9 Å². The van der Waals surface area contributed by atoms with Crippen LogP contribution in [0.25, 0.3) is 16.7 Å². The van der Waals surface area contributed by atoms with Gasteiger partial charge in [-0.25, -0.2) is 14.3 Å². The molecule has 5 rings (SSSR count). The van der Waals surface area contributed by atoms with E-state index in [-0.39, 0.29) is 17.0 Å². The van der Waals surface area contributed by atoms with Crippen LogP contribution in [0.2, 0.25) is 0 Å². The monoisotopic (exact) mass is 471 g/mol. The number of aromatic nitrogens is 5. The summed E-state index contributed by atoms with van der Waals surface area (Å²) < 4.78 is 3.63. The van der Waals surface area contributed by atoms with Crippen LogP contribution in [0.4, 0.5) is 11.6 Å². The van der Waals surface area contributed by atoms with Crippen LogP contribution in [-0.4, -0.2) is 30.9 Å². The van der Waals surface area contributed by atoms with E-state index >= 15 is 0 Å². The van der Waals surface area contributed by atoms with Crippen LogP contribution in [0, 0.1) is 0 Å². The van der Waals surface area contributed by atoms with Crippen molar-refractivity contribution in [2.45, 2.75) is 65.5 Å². The first-order chi connectivity index (χ1) is 16.7. The Morgan fingerprint density at radius 3 is 2.69 bits per heavy atom. The van der Waals surface area contributed by atoms with Crippen molar-refractivity contribution in [3.63, 3.8) is 0 Å². The Morgan fingerprint density at radius 1 is 1.09 bits per heavy atom. The van der Waals surface area contributed by atoms with Crippen LogP contribution in [0.1, 0.15) is 63.9 Å². The lowest BCUT2D eigenvalue weighted by Gasteiger charge is -2.20. The van der Waals surface area contributed by atoms with Crippen LogP contribution in [0.15, 0.2) is 47.5 Å². The first-order valence-electron chi connectivity index (χ1n) is 12.3. The summed E-state index contributed by atoms with van der Waals surface area (Å²) in [6, 6.07) is 10.3. The molecule has 0 saturated heterocycles. The second-order valence-corrected chi connectivity index (χ2v) is 10.5. The Labute approximate surface area is 205 Å². The molecule has 0 saturated carbocycles. The summed E-state index contributed by atoms with van der Waals surface area (Å²) >= 11 is 0. The van der Waals surface area contributed by atoms with E-state index in [9.17, 15) is 4.79 Å². The maximum absolute atomic E-state index is 13.3. The molecular formula is C27H33N7O. The first kappa shape index (κ1) is 23.2. The summed E-state index contributed by atoms with van der Waals surface area (Å²) in [6.45, 7) is 12.3. The molecule has 0 aliphatic carbocycles. The van der Waals surface area contributed by atoms with Crippen molar-refractivity contribution in [1.82, 2.24) is 29.6 Å². The van der Waals surface area contributed by atoms with E-state index in [1.807, 2.05) is 30.7 Å². The van der Waals surface area contributed by atoms with Crippen molar-refractivity contribution >= 4 is 22.7 Å². The predicted molar refractivity (Wildman–Crippen MR) is 140 cm³/mol. The summed E-state index contributed by atoms with van der Waals surface area (Å²) in [7, 11) is 0. The average Bonchev–Trinajstić information content (AvgIpc) is 2.95. The van der Waals surface area contributed by atoms with Gasteiger partial charge in [0.05, 0.1) is 5.69 Å². The van der Waals surface area contributed by atoms with Gasteiger partial charge in [-0.2, -0.15) is 4.98 Å². The summed E-state index contributed by atoms with van der Waals surface area (Å²) in [5.41, 5.74) is 5.78. The van der Waals surface area contributed by atoms with Gasteiger partial charge in [0.25, 0.3) is 5.56 Å². The molecule has 182 valence electrons. The fourth-order valence-electron chi connectivity index (χ4n) is 4.60. The Bertz CT molecular complexity index is 1440. The molecule has 1 aliphatic heterocycles. The molecule has 0 radical (unpaired) electrons. The fraction of sp³-hybridized carbons (Fsp3) is 0.407. The number of aryl methyl sites for hydroxylation is 1. The standard InChI is InChI=1S/C27H33N7O/c1-17(2)33-25(35)22-16-30-26(31-20-9-8-19-15-28-11-6-7-18(19)13-20)32-24(22)34(33)21-10-12-29-23(14-21)27(3,4)5/h8-10,12-14,16-17,28H,6-7,11,15H2,1-5H3,(H,30,31,32). The zero-order chi connectivity index (χ0) is 24.7. The number of fused-ring (bicyclic) bond motifs is 2. The smallest absolute Gasteiger partial charge is 0.278 e. The minimum absolute atomic E-state index is 0.0578. The third-order valence-electron chi connectivity index (χ3n) is 6.45. The molecule has 0 unspecified atom stereocenters. The van der Waals surface area contributed by atoms with E-state index in [0.29, 0.717) is 17.0 Å². The molecule has 35 heavy (non-hydrogen) atoms. The Kier molecular flexibility index (Phi) is 5.92. The van der Waals surface area contributed by atoms with E-state index in [2.05, 4.69) is 59.6 Å². The molecule has 1 aliphatic rings. The zero-order valence-corrected chi connectivity index (χ0v) is 21.1. The minimum Gasteiger partial charge on any atom is -0.324 e. The van der Waals surface area contributed by atoms with Crippen LogP contribution >= 0.6 is 0 Å². The Hall–Kier alpha value is -3.52. The number of nitrogens with zero attached hydrogens (tertiary/aromatic N) is 5. The van der Waals surface area contributed by atoms with Crippen molar-refractivity contribution in [1.29, 1.82) is 0 Å². The van der Waals surface area contributed by atoms with E-state index in [0.717, 1.165) is 43.0 Å². The van der Waals surface area contributed by atoms with Gasteiger partial charge in [0.2, 0.25) is 5.95 Å². The predicted octanol–water partition coefficient (Wildman–Crippen LogP) is 4.64. The van der Waals surface area contributed by atoms with Crippen LogP contribution in [-0.2, 0) is 18.4 Å². The van der Waals surface area contributed by atoms with Crippen molar-refractivity contribution < 1.29 is 0 Å². The van der Waals surface area contributed by atoms with Gasteiger partial charge in [-0.1, -0.05) is 26.8 Å².